The first-order chi connectivity index (χ1) is 9.99. The maximum Gasteiger partial charge on any atom is 0.335 e. The number of nitrogens with zero attached hydrogens (tertiary/aromatic N) is 2. The molecule has 0 amide bonds. The molecule has 0 saturated carbocycles. The van der Waals surface area contributed by atoms with Gasteiger partial charge in [-0.25, -0.2) is 13.8 Å². The van der Waals surface area contributed by atoms with E-state index in [4.69, 9.17) is 0 Å². The van der Waals surface area contributed by atoms with Crippen molar-refractivity contribution in [3.63, 3.8) is 0 Å². The summed E-state index contributed by atoms with van der Waals surface area (Å²) >= 11 is 0. The zero-order valence-electron chi connectivity index (χ0n) is 11.1. The maximum atomic E-state index is 13.0. The van der Waals surface area contributed by atoms with Crippen LogP contribution in [0.15, 0.2) is 52.1 Å². The Bertz CT molecular complexity index is 956. The van der Waals surface area contributed by atoms with E-state index in [-0.39, 0.29) is 16.8 Å². The summed E-state index contributed by atoms with van der Waals surface area (Å²) in [6, 6.07) is 9.27. The summed E-state index contributed by atoms with van der Waals surface area (Å²) in [6.45, 7) is 0. The Balaban J connectivity index is 2.46. The Morgan fingerprint density at radius 3 is 2.38 bits per heavy atom. The second-order valence-corrected chi connectivity index (χ2v) is 4.66. The number of phenolic OH excluding ortho intramolecular Hbond substituents is 1. The summed E-state index contributed by atoms with van der Waals surface area (Å²) in [7, 11) is 1.53. The van der Waals surface area contributed by atoms with E-state index < -0.39 is 17.1 Å². The molecule has 0 bridgehead atoms. The Labute approximate surface area is 118 Å². The van der Waals surface area contributed by atoms with E-state index in [0.29, 0.717) is 5.52 Å². The molecule has 3 aromatic rings. The van der Waals surface area contributed by atoms with E-state index in [1.165, 1.54) is 54.1 Å². The van der Waals surface area contributed by atoms with Crippen LogP contribution in [0.3, 0.4) is 0 Å². The minimum absolute atomic E-state index is 0.0658. The molecule has 0 atom stereocenters. The number of aryl methyl sites for hydroxylation is 1. The van der Waals surface area contributed by atoms with Crippen LogP contribution >= 0.6 is 0 Å². The fourth-order valence-electron chi connectivity index (χ4n) is 2.27. The highest BCUT2D eigenvalue weighted by Gasteiger charge is 2.13. The number of rotatable bonds is 1. The Hall–Kier alpha value is -2.89. The van der Waals surface area contributed by atoms with Crippen molar-refractivity contribution in [2.45, 2.75) is 0 Å². The SMILES string of the molecule is Cn1c(=O)n(-c2ccc(F)cc2)c(=O)c2cc(O)ccc21. The maximum absolute atomic E-state index is 13.0. The molecule has 0 unspecified atom stereocenters. The van der Waals surface area contributed by atoms with E-state index >= 15 is 0 Å². The fraction of sp³-hybridized carbons (Fsp3) is 0.0667. The van der Waals surface area contributed by atoms with E-state index in [1.54, 1.807) is 0 Å². The van der Waals surface area contributed by atoms with Crippen LogP contribution in [0.4, 0.5) is 4.39 Å². The standard InChI is InChI=1S/C15H11FN2O3/c1-17-13-7-6-11(19)8-12(13)14(20)18(15(17)21)10-4-2-9(16)3-5-10/h2-8,19H,1H3. The molecule has 106 valence electrons. The summed E-state index contributed by atoms with van der Waals surface area (Å²) in [5.74, 6) is -0.522. The van der Waals surface area contributed by atoms with Crippen molar-refractivity contribution in [1.82, 2.24) is 9.13 Å². The first kappa shape index (κ1) is 13.1. The van der Waals surface area contributed by atoms with Gasteiger partial charge in [0.15, 0.2) is 0 Å². The summed E-state index contributed by atoms with van der Waals surface area (Å²) in [5, 5.41) is 9.74. The van der Waals surface area contributed by atoms with Gasteiger partial charge in [-0.2, -0.15) is 0 Å². The van der Waals surface area contributed by atoms with Crippen molar-refractivity contribution < 1.29 is 9.50 Å². The summed E-state index contributed by atoms with van der Waals surface area (Å²) in [6.07, 6.45) is 0. The lowest BCUT2D eigenvalue weighted by atomic mass is 10.2. The molecule has 0 aliphatic rings. The normalized spacial score (nSPS) is 11.0. The van der Waals surface area contributed by atoms with Crippen molar-refractivity contribution in [1.29, 1.82) is 0 Å². The third kappa shape index (κ3) is 2.01. The molecule has 1 heterocycles. The van der Waals surface area contributed by atoms with Gasteiger partial charge in [0.25, 0.3) is 5.56 Å². The van der Waals surface area contributed by atoms with E-state index in [2.05, 4.69) is 0 Å². The topological polar surface area (TPSA) is 64.2 Å². The monoisotopic (exact) mass is 286 g/mol. The second kappa shape index (κ2) is 4.59. The molecular weight excluding hydrogens is 275 g/mol. The van der Waals surface area contributed by atoms with Crippen molar-refractivity contribution in [2.24, 2.45) is 7.05 Å². The van der Waals surface area contributed by atoms with Crippen LogP contribution in [0.2, 0.25) is 0 Å². The number of benzene rings is 2. The highest BCUT2D eigenvalue weighted by molar-refractivity contribution is 5.79. The lowest BCUT2D eigenvalue weighted by Gasteiger charge is -2.10. The lowest BCUT2D eigenvalue weighted by Crippen LogP contribution is -2.37. The number of phenols is 1. The smallest absolute Gasteiger partial charge is 0.335 e. The van der Waals surface area contributed by atoms with Gasteiger partial charge in [0, 0.05) is 7.05 Å². The molecule has 0 fully saturated rings. The zero-order chi connectivity index (χ0) is 15.1. The first-order valence-corrected chi connectivity index (χ1v) is 6.20. The Morgan fingerprint density at radius 1 is 1.05 bits per heavy atom. The molecule has 0 aliphatic heterocycles. The third-order valence-electron chi connectivity index (χ3n) is 3.34. The molecule has 0 aliphatic carbocycles. The molecule has 1 N–H and O–H groups in total. The molecular formula is C15H11FN2O3. The van der Waals surface area contributed by atoms with Gasteiger partial charge in [0.05, 0.1) is 16.6 Å². The van der Waals surface area contributed by atoms with Gasteiger partial charge in [0.2, 0.25) is 0 Å². The van der Waals surface area contributed by atoms with Crippen molar-refractivity contribution in [3.8, 4) is 11.4 Å². The van der Waals surface area contributed by atoms with Gasteiger partial charge in [-0.15, -0.1) is 0 Å². The van der Waals surface area contributed by atoms with Gasteiger partial charge in [-0.3, -0.25) is 9.36 Å². The molecule has 21 heavy (non-hydrogen) atoms. The van der Waals surface area contributed by atoms with E-state index in [0.717, 1.165) is 4.57 Å². The summed E-state index contributed by atoms with van der Waals surface area (Å²) in [4.78, 5) is 24.8. The highest BCUT2D eigenvalue weighted by atomic mass is 19.1. The number of hydrogen-bond acceptors (Lipinski definition) is 3. The molecule has 5 nitrogen and oxygen atoms in total. The van der Waals surface area contributed by atoms with Crippen molar-refractivity contribution in [3.05, 3.63) is 69.1 Å². The highest BCUT2D eigenvalue weighted by Crippen LogP contribution is 2.16. The van der Waals surface area contributed by atoms with Gasteiger partial charge < -0.3 is 5.11 Å². The van der Waals surface area contributed by atoms with Gasteiger partial charge in [-0.1, -0.05) is 0 Å². The largest absolute Gasteiger partial charge is 0.508 e. The van der Waals surface area contributed by atoms with Crippen LogP contribution in [0, 0.1) is 5.82 Å². The Kier molecular flexibility index (Phi) is 2.86. The predicted molar refractivity (Wildman–Crippen MR) is 76.4 cm³/mol. The number of halogens is 1. The molecule has 1 aromatic heterocycles. The van der Waals surface area contributed by atoms with Crippen LogP contribution in [0.1, 0.15) is 0 Å². The van der Waals surface area contributed by atoms with Crippen molar-refractivity contribution >= 4 is 10.9 Å². The number of aromatic nitrogens is 2. The first-order valence-electron chi connectivity index (χ1n) is 6.20. The summed E-state index contributed by atoms with van der Waals surface area (Å²) in [5.41, 5.74) is -0.409. The molecule has 2 aromatic carbocycles. The van der Waals surface area contributed by atoms with Crippen molar-refractivity contribution in [2.75, 3.05) is 0 Å². The molecule has 0 spiro atoms. The van der Waals surface area contributed by atoms with E-state index in [1.807, 2.05) is 0 Å². The Morgan fingerprint density at radius 2 is 1.71 bits per heavy atom. The van der Waals surface area contributed by atoms with Gasteiger partial charge in [0.1, 0.15) is 11.6 Å². The zero-order valence-corrected chi connectivity index (χ0v) is 11.1. The van der Waals surface area contributed by atoms with E-state index in [9.17, 15) is 19.1 Å². The lowest BCUT2D eigenvalue weighted by molar-refractivity contribution is 0.476. The van der Waals surface area contributed by atoms with Crippen LogP contribution in [-0.2, 0) is 7.05 Å². The molecule has 0 saturated heterocycles. The van der Waals surface area contributed by atoms with Crippen LogP contribution in [0.25, 0.3) is 16.6 Å². The fourth-order valence-corrected chi connectivity index (χ4v) is 2.27. The van der Waals surface area contributed by atoms with Crippen LogP contribution in [-0.4, -0.2) is 14.2 Å². The molecule has 0 radical (unpaired) electrons. The average Bonchev–Trinajstić information content (AvgIpc) is 2.47. The minimum Gasteiger partial charge on any atom is -0.508 e. The summed E-state index contributed by atoms with van der Waals surface area (Å²) < 4.78 is 15.2. The molecule has 3 rings (SSSR count). The van der Waals surface area contributed by atoms with Crippen LogP contribution < -0.4 is 11.2 Å². The third-order valence-corrected chi connectivity index (χ3v) is 3.34. The number of aromatic hydroxyl groups is 1. The molecule has 6 heteroatoms. The van der Waals surface area contributed by atoms with Gasteiger partial charge >= 0.3 is 5.69 Å². The number of fused-ring (bicyclic) bond motifs is 1. The van der Waals surface area contributed by atoms with Gasteiger partial charge in [-0.05, 0) is 42.5 Å². The predicted octanol–water partition coefficient (Wildman–Crippen LogP) is 1.53. The number of hydrogen-bond donors (Lipinski definition) is 1. The van der Waals surface area contributed by atoms with Crippen LogP contribution in [0.5, 0.6) is 5.75 Å². The quantitative estimate of drug-likeness (QED) is 0.738. The minimum atomic E-state index is -0.560. The second-order valence-electron chi connectivity index (χ2n) is 4.66. The average molecular weight is 286 g/mol.